The van der Waals surface area contributed by atoms with Crippen LogP contribution in [0.25, 0.3) is 0 Å². The van der Waals surface area contributed by atoms with E-state index in [1.54, 1.807) is 0 Å². The molecule has 1 fully saturated rings. The SMILES string of the molecule is CC(CN1CCOCC1)Nc1cccc(Br)c1C#N. The van der Waals surface area contributed by atoms with Crippen LogP contribution in [0.2, 0.25) is 0 Å². The van der Waals surface area contributed by atoms with Gasteiger partial charge in [0.25, 0.3) is 0 Å². The molecular formula is C14H18BrN3O. The normalized spacial score (nSPS) is 17.7. The average molecular weight is 324 g/mol. The zero-order valence-corrected chi connectivity index (χ0v) is 12.6. The molecule has 0 aromatic heterocycles. The van der Waals surface area contributed by atoms with Gasteiger partial charge in [-0.05, 0) is 35.0 Å². The first-order chi connectivity index (χ1) is 9.20. The quantitative estimate of drug-likeness (QED) is 0.924. The van der Waals surface area contributed by atoms with E-state index in [1.807, 2.05) is 18.2 Å². The number of hydrogen-bond donors (Lipinski definition) is 1. The Labute approximate surface area is 122 Å². The van der Waals surface area contributed by atoms with Crippen molar-refractivity contribution in [2.24, 2.45) is 0 Å². The Morgan fingerprint density at radius 3 is 2.89 bits per heavy atom. The molecule has 2 rings (SSSR count). The van der Waals surface area contributed by atoms with Crippen molar-refractivity contribution in [3.63, 3.8) is 0 Å². The molecule has 0 aliphatic carbocycles. The second-order valence-electron chi connectivity index (χ2n) is 4.73. The Kier molecular flexibility index (Phi) is 5.20. The molecule has 1 atom stereocenters. The molecule has 1 aliphatic heterocycles. The van der Waals surface area contributed by atoms with Crippen molar-refractivity contribution in [2.45, 2.75) is 13.0 Å². The van der Waals surface area contributed by atoms with Crippen LogP contribution in [-0.2, 0) is 4.74 Å². The number of benzene rings is 1. The molecule has 1 aliphatic rings. The van der Waals surface area contributed by atoms with Crippen molar-refractivity contribution in [1.82, 2.24) is 4.90 Å². The summed E-state index contributed by atoms with van der Waals surface area (Å²) >= 11 is 3.41. The van der Waals surface area contributed by atoms with Gasteiger partial charge in [0.15, 0.2) is 0 Å². The van der Waals surface area contributed by atoms with Gasteiger partial charge in [-0.1, -0.05) is 6.07 Å². The standard InChI is InChI=1S/C14H18BrN3O/c1-11(10-18-5-7-19-8-6-18)17-14-4-2-3-13(15)12(14)9-16/h2-4,11,17H,5-8,10H2,1H3. The number of ether oxygens (including phenoxy) is 1. The van der Waals surface area contributed by atoms with Crippen molar-refractivity contribution in [3.8, 4) is 6.07 Å². The van der Waals surface area contributed by atoms with E-state index in [-0.39, 0.29) is 0 Å². The molecule has 102 valence electrons. The van der Waals surface area contributed by atoms with E-state index in [4.69, 9.17) is 4.74 Å². The predicted octanol–water partition coefficient (Wildman–Crippen LogP) is 2.45. The highest BCUT2D eigenvalue weighted by Crippen LogP contribution is 2.24. The van der Waals surface area contributed by atoms with Gasteiger partial charge >= 0.3 is 0 Å². The average Bonchev–Trinajstić information content (AvgIpc) is 2.40. The lowest BCUT2D eigenvalue weighted by molar-refractivity contribution is 0.0368. The zero-order chi connectivity index (χ0) is 13.7. The van der Waals surface area contributed by atoms with Crippen molar-refractivity contribution >= 4 is 21.6 Å². The van der Waals surface area contributed by atoms with Gasteiger partial charge in [-0.3, -0.25) is 4.90 Å². The second-order valence-corrected chi connectivity index (χ2v) is 5.59. The number of nitrogens with zero attached hydrogens (tertiary/aromatic N) is 2. The molecule has 1 N–H and O–H groups in total. The fourth-order valence-corrected chi connectivity index (χ4v) is 2.70. The number of rotatable bonds is 4. The molecule has 19 heavy (non-hydrogen) atoms. The molecule has 1 unspecified atom stereocenters. The van der Waals surface area contributed by atoms with E-state index in [0.29, 0.717) is 11.6 Å². The van der Waals surface area contributed by atoms with Crippen molar-refractivity contribution in [2.75, 3.05) is 38.2 Å². The molecule has 0 saturated carbocycles. The van der Waals surface area contributed by atoms with Crippen molar-refractivity contribution in [3.05, 3.63) is 28.2 Å². The third-order valence-corrected chi connectivity index (χ3v) is 3.82. The van der Waals surface area contributed by atoms with E-state index in [9.17, 15) is 5.26 Å². The van der Waals surface area contributed by atoms with Gasteiger partial charge in [-0.2, -0.15) is 5.26 Å². The maximum atomic E-state index is 9.19. The van der Waals surface area contributed by atoms with Crippen molar-refractivity contribution in [1.29, 1.82) is 5.26 Å². The molecule has 1 heterocycles. The van der Waals surface area contributed by atoms with Crippen LogP contribution in [-0.4, -0.2) is 43.8 Å². The van der Waals surface area contributed by atoms with Crippen LogP contribution in [0.5, 0.6) is 0 Å². The van der Waals surface area contributed by atoms with E-state index in [0.717, 1.165) is 43.0 Å². The first-order valence-electron chi connectivity index (χ1n) is 6.46. The fourth-order valence-electron chi connectivity index (χ4n) is 2.24. The number of halogens is 1. The first kappa shape index (κ1) is 14.3. The fraction of sp³-hybridized carbons (Fsp3) is 0.500. The summed E-state index contributed by atoms with van der Waals surface area (Å²) in [7, 11) is 0. The van der Waals surface area contributed by atoms with Crippen LogP contribution in [0.3, 0.4) is 0 Å². The lowest BCUT2D eigenvalue weighted by Crippen LogP contribution is -2.42. The van der Waals surface area contributed by atoms with Gasteiger partial charge in [-0.15, -0.1) is 0 Å². The van der Waals surface area contributed by atoms with Crippen LogP contribution in [0, 0.1) is 11.3 Å². The second kappa shape index (κ2) is 6.90. The summed E-state index contributed by atoms with van der Waals surface area (Å²) in [6.07, 6.45) is 0. The van der Waals surface area contributed by atoms with E-state index < -0.39 is 0 Å². The summed E-state index contributed by atoms with van der Waals surface area (Å²) in [4.78, 5) is 2.38. The molecule has 5 heteroatoms. The molecule has 1 aromatic rings. The highest BCUT2D eigenvalue weighted by molar-refractivity contribution is 9.10. The minimum absolute atomic E-state index is 0.291. The van der Waals surface area contributed by atoms with Gasteiger partial charge in [0.2, 0.25) is 0 Å². The first-order valence-corrected chi connectivity index (χ1v) is 7.25. The van der Waals surface area contributed by atoms with E-state index >= 15 is 0 Å². The summed E-state index contributed by atoms with van der Waals surface area (Å²) in [5.74, 6) is 0. The van der Waals surface area contributed by atoms with Crippen LogP contribution < -0.4 is 5.32 Å². The number of morpholine rings is 1. The molecule has 0 radical (unpaired) electrons. The summed E-state index contributed by atoms with van der Waals surface area (Å²) in [6.45, 7) is 6.68. The third kappa shape index (κ3) is 3.93. The molecular weight excluding hydrogens is 306 g/mol. The molecule has 0 amide bonds. The van der Waals surface area contributed by atoms with Gasteiger partial charge < -0.3 is 10.1 Å². The predicted molar refractivity (Wildman–Crippen MR) is 79.2 cm³/mol. The molecule has 1 aromatic carbocycles. The lowest BCUT2D eigenvalue weighted by atomic mass is 10.1. The Morgan fingerprint density at radius 1 is 1.47 bits per heavy atom. The maximum absolute atomic E-state index is 9.19. The third-order valence-electron chi connectivity index (χ3n) is 3.16. The Morgan fingerprint density at radius 2 is 2.21 bits per heavy atom. The monoisotopic (exact) mass is 323 g/mol. The largest absolute Gasteiger partial charge is 0.380 e. The van der Waals surface area contributed by atoms with Crippen LogP contribution in [0.1, 0.15) is 12.5 Å². The van der Waals surface area contributed by atoms with Gasteiger partial charge in [0, 0.05) is 30.1 Å². The number of nitrogens with one attached hydrogen (secondary N) is 1. The number of nitriles is 1. The van der Waals surface area contributed by atoms with E-state index in [1.165, 1.54) is 0 Å². The smallest absolute Gasteiger partial charge is 0.103 e. The molecule has 1 saturated heterocycles. The summed E-state index contributed by atoms with van der Waals surface area (Å²) < 4.78 is 6.17. The Balaban J connectivity index is 1.97. The number of hydrogen-bond acceptors (Lipinski definition) is 4. The van der Waals surface area contributed by atoms with Crippen LogP contribution >= 0.6 is 15.9 Å². The molecule has 0 bridgehead atoms. The van der Waals surface area contributed by atoms with Crippen LogP contribution in [0.15, 0.2) is 22.7 Å². The maximum Gasteiger partial charge on any atom is 0.103 e. The van der Waals surface area contributed by atoms with E-state index in [2.05, 4.69) is 39.1 Å². The molecule has 0 spiro atoms. The summed E-state index contributed by atoms with van der Waals surface area (Å²) in [6, 6.07) is 8.29. The minimum Gasteiger partial charge on any atom is -0.380 e. The summed E-state index contributed by atoms with van der Waals surface area (Å²) in [5, 5.41) is 12.6. The zero-order valence-electron chi connectivity index (χ0n) is 11.0. The molecule has 4 nitrogen and oxygen atoms in total. The lowest BCUT2D eigenvalue weighted by Gasteiger charge is -2.29. The van der Waals surface area contributed by atoms with Crippen LogP contribution in [0.4, 0.5) is 5.69 Å². The Hall–Kier alpha value is -1.09. The summed E-state index contributed by atoms with van der Waals surface area (Å²) in [5.41, 5.74) is 1.55. The number of anilines is 1. The Bertz CT molecular complexity index is 466. The highest BCUT2D eigenvalue weighted by atomic mass is 79.9. The minimum atomic E-state index is 0.291. The van der Waals surface area contributed by atoms with Gasteiger partial charge in [-0.25, -0.2) is 0 Å². The van der Waals surface area contributed by atoms with Gasteiger partial charge in [0.1, 0.15) is 6.07 Å². The topological polar surface area (TPSA) is 48.3 Å². The highest BCUT2D eigenvalue weighted by Gasteiger charge is 2.15. The van der Waals surface area contributed by atoms with Gasteiger partial charge in [0.05, 0.1) is 24.5 Å². The van der Waals surface area contributed by atoms with Crippen molar-refractivity contribution < 1.29 is 4.74 Å².